The van der Waals surface area contributed by atoms with Crippen LogP contribution >= 0.6 is 12.2 Å². The fourth-order valence-corrected chi connectivity index (χ4v) is 2.31. The molecule has 1 saturated heterocycles. The van der Waals surface area contributed by atoms with Crippen molar-refractivity contribution in [2.75, 3.05) is 13.2 Å². The normalized spacial score (nSPS) is 18.6. The van der Waals surface area contributed by atoms with Crippen molar-refractivity contribution >= 4 is 17.2 Å². The average molecular weight is 250 g/mol. The Labute approximate surface area is 105 Å². The van der Waals surface area contributed by atoms with Gasteiger partial charge in [0.1, 0.15) is 11.1 Å². The Morgan fingerprint density at radius 3 is 2.94 bits per heavy atom. The molecule has 0 spiro atoms. The maximum Gasteiger partial charge on any atom is 0.224 e. The van der Waals surface area contributed by atoms with Gasteiger partial charge in [0, 0.05) is 5.69 Å². The topological polar surface area (TPSA) is 57.4 Å². The Bertz CT molecular complexity index is 472. The van der Waals surface area contributed by atoms with Crippen LogP contribution in [0.5, 0.6) is 5.88 Å². The average Bonchev–Trinajstić information content (AvgIpc) is 2.68. The van der Waals surface area contributed by atoms with Gasteiger partial charge in [0.15, 0.2) is 0 Å². The lowest BCUT2D eigenvalue weighted by atomic mass is 10.1. The number of ether oxygens (including phenoxy) is 2. The molecule has 1 aromatic rings. The van der Waals surface area contributed by atoms with Gasteiger partial charge < -0.3 is 15.2 Å². The van der Waals surface area contributed by atoms with E-state index in [9.17, 15) is 0 Å². The first-order valence-electron chi connectivity index (χ1n) is 5.81. The van der Waals surface area contributed by atoms with Crippen LogP contribution in [-0.4, -0.2) is 29.3 Å². The highest BCUT2D eigenvalue weighted by Crippen LogP contribution is 2.27. The predicted molar refractivity (Wildman–Crippen MR) is 67.4 cm³/mol. The van der Waals surface area contributed by atoms with E-state index in [2.05, 4.69) is 4.98 Å². The molecule has 1 aliphatic carbocycles. The van der Waals surface area contributed by atoms with Crippen LogP contribution in [-0.2, 0) is 17.6 Å². The standard InChI is InChI=1S/C12H14N2O2S/c13-11(17)9-4-7-2-1-3-10(7)14-12(9)16-8-5-15-6-8/h4,8H,1-3,5-6H2,(H2,13,17). The van der Waals surface area contributed by atoms with Crippen LogP contribution < -0.4 is 10.5 Å². The summed E-state index contributed by atoms with van der Waals surface area (Å²) >= 11 is 5.05. The second kappa shape index (κ2) is 4.23. The van der Waals surface area contributed by atoms with Crippen molar-refractivity contribution in [2.24, 2.45) is 5.73 Å². The van der Waals surface area contributed by atoms with Crippen molar-refractivity contribution in [3.63, 3.8) is 0 Å². The minimum Gasteiger partial charge on any atom is -0.469 e. The molecule has 2 heterocycles. The lowest BCUT2D eigenvalue weighted by Crippen LogP contribution is -2.39. The highest BCUT2D eigenvalue weighted by atomic mass is 32.1. The summed E-state index contributed by atoms with van der Waals surface area (Å²) in [4.78, 5) is 4.90. The molecule has 1 fully saturated rings. The maximum absolute atomic E-state index is 5.76. The molecule has 0 aromatic carbocycles. The molecule has 3 rings (SSSR count). The molecular weight excluding hydrogens is 236 g/mol. The molecule has 17 heavy (non-hydrogen) atoms. The number of aromatic nitrogens is 1. The Kier molecular flexibility index (Phi) is 2.72. The zero-order chi connectivity index (χ0) is 11.8. The number of thiocarbonyl (C=S) groups is 1. The van der Waals surface area contributed by atoms with Crippen LogP contribution in [0.4, 0.5) is 0 Å². The third-order valence-corrected chi connectivity index (χ3v) is 3.39. The van der Waals surface area contributed by atoms with E-state index in [4.69, 9.17) is 27.4 Å². The van der Waals surface area contributed by atoms with E-state index in [0.29, 0.717) is 24.1 Å². The summed E-state index contributed by atoms with van der Waals surface area (Å²) in [6, 6.07) is 2.03. The molecule has 90 valence electrons. The van der Waals surface area contributed by atoms with E-state index < -0.39 is 0 Å². The Hall–Kier alpha value is -1.20. The van der Waals surface area contributed by atoms with Gasteiger partial charge in [-0.25, -0.2) is 4.98 Å². The third-order valence-electron chi connectivity index (χ3n) is 3.17. The maximum atomic E-state index is 5.76. The lowest BCUT2D eigenvalue weighted by molar-refractivity contribution is -0.0814. The van der Waals surface area contributed by atoms with Crippen LogP contribution in [0.1, 0.15) is 23.2 Å². The van der Waals surface area contributed by atoms with E-state index >= 15 is 0 Å². The fourth-order valence-electron chi connectivity index (χ4n) is 2.16. The Morgan fingerprint density at radius 1 is 1.47 bits per heavy atom. The van der Waals surface area contributed by atoms with Crippen LogP contribution in [0.15, 0.2) is 6.07 Å². The molecule has 5 heteroatoms. The summed E-state index contributed by atoms with van der Waals surface area (Å²) in [5.41, 5.74) is 8.86. The van der Waals surface area contributed by atoms with E-state index in [0.717, 1.165) is 30.5 Å². The molecule has 1 aliphatic heterocycles. The van der Waals surface area contributed by atoms with Crippen molar-refractivity contribution in [1.29, 1.82) is 0 Å². The van der Waals surface area contributed by atoms with Crippen molar-refractivity contribution < 1.29 is 9.47 Å². The number of rotatable bonds is 3. The number of pyridine rings is 1. The highest BCUT2D eigenvalue weighted by molar-refractivity contribution is 7.80. The van der Waals surface area contributed by atoms with Crippen LogP contribution in [0.3, 0.4) is 0 Å². The number of fused-ring (bicyclic) bond motifs is 1. The summed E-state index contributed by atoms with van der Waals surface area (Å²) in [5.74, 6) is 0.575. The number of hydrogen-bond donors (Lipinski definition) is 1. The molecule has 2 aliphatic rings. The van der Waals surface area contributed by atoms with Crippen LogP contribution in [0.25, 0.3) is 0 Å². The van der Waals surface area contributed by atoms with E-state index in [1.165, 1.54) is 5.56 Å². The number of nitrogens with zero attached hydrogens (tertiary/aromatic N) is 1. The van der Waals surface area contributed by atoms with Gasteiger partial charge in [-0.15, -0.1) is 0 Å². The quantitative estimate of drug-likeness (QED) is 0.810. The minimum atomic E-state index is 0.0926. The molecule has 0 atom stereocenters. The van der Waals surface area contributed by atoms with Crippen LogP contribution in [0, 0.1) is 0 Å². The summed E-state index contributed by atoms with van der Waals surface area (Å²) in [6.07, 6.45) is 3.32. The predicted octanol–water partition coefficient (Wildman–Crippen LogP) is 0.982. The molecule has 1 aromatic heterocycles. The SMILES string of the molecule is NC(=S)c1cc2c(nc1OC1COC1)CCC2. The van der Waals surface area contributed by atoms with Gasteiger partial charge in [0.25, 0.3) is 0 Å². The Balaban J connectivity index is 1.95. The molecule has 4 nitrogen and oxygen atoms in total. The van der Waals surface area contributed by atoms with Gasteiger partial charge >= 0.3 is 0 Å². The van der Waals surface area contributed by atoms with E-state index in [1.54, 1.807) is 0 Å². The molecule has 0 unspecified atom stereocenters. The minimum absolute atomic E-state index is 0.0926. The second-order valence-corrected chi connectivity index (χ2v) is 4.88. The zero-order valence-electron chi connectivity index (χ0n) is 9.44. The zero-order valence-corrected chi connectivity index (χ0v) is 10.3. The van der Waals surface area contributed by atoms with Crippen LogP contribution in [0.2, 0.25) is 0 Å². The van der Waals surface area contributed by atoms with E-state index in [1.807, 2.05) is 6.07 Å². The molecule has 0 radical (unpaired) electrons. The first-order chi connectivity index (χ1) is 8.24. The number of hydrogen-bond acceptors (Lipinski definition) is 4. The fraction of sp³-hybridized carbons (Fsp3) is 0.500. The molecule has 0 saturated carbocycles. The van der Waals surface area contributed by atoms with Gasteiger partial charge in [-0.2, -0.15) is 0 Å². The smallest absolute Gasteiger partial charge is 0.224 e. The molecular formula is C12H14N2O2S. The van der Waals surface area contributed by atoms with Crippen molar-refractivity contribution in [2.45, 2.75) is 25.4 Å². The van der Waals surface area contributed by atoms with Crippen molar-refractivity contribution in [3.05, 3.63) is 22.9 Å². The monoisotopic (exact) mass is 250 g/mol. The van der Waals surface area contributed by atoms with Gasteiger partial charge in [-0.1, -0.05) is 12.2 Å². The van der Waals surface area contributed by atoms with Gasteiger partial charge in [-0.3, -0.25) is 0 Å². The van der Waals surface area contributed by atoms with Crippen molar-refractivity contribution in [1.82, 2.24) is 4.98 Å². The van der Waals surface area contributed by atoms with Gasteiger partial charge in [-0.05, 0) is 30.9 Å². The first kappa shape index (κ1) is 10.9. The van der Waals surface area contributed by atoms with Gasteiger partial charge in [0.05, 0.1) is 18.8 Å². The number of nitrogens with two attached hydrogens (primary N) is 1. The number of aryl methyl sites for hydroxylation is 2. The summed E-state index contributed by atoms with van der Waals surface area (Å²) in [5, 5.41) is 0. The second-order valence-electron chi connectivity index (χ2n) is 4.44. The van der Waals surface area contributed by atoms with E-state index in [-0.39, 0.29) is 6.10 Å². The summed E-state index contributed by atoms with van der Waals surface area (Å²) in [7, 11) is 0. The lowest BCUT2D eigenvalue weighted by Gasteiger charge is -2.27. The third kappa shape index (κ3) is 2.00. The van der Waals surface area contributed by atoms with Gasteiger partial charge in [0.2, 0.25) is 5.88 Å². The molecule has 2 N–H and O–H groups in total. The Morgan fingerprint density at radius 2 is 2.29 bits per heavy atom. The largest absolute Gasteiger partial charge is 0.469 e. The molecule has 0 bridgehead atoms. The molecule has 0 amide bonds. The van der Waals surface area contributed by atoms with Crippen molar-refractivity contribution in [3.8, 4) is 5.88 Å². The summed E-state index contributed by atoms with van der Waals surface area (Å²) < 4.78 is 10.8. The summed E-state index contributed by atoms with van der Waals surface area (Å²) in [6.45, 7) is 1.24. The first-order valence-corrected chi connectivity index (χ1v) is 6.22. The highest BCUT2D eigenvalue weighted by Gasteiger charge is 2.24.